The van der Waals surface area contributed by atoms with Gasteiger partial charge in [0.05, 0.1) is 5.56 Å². The summed E-state index contributed by atoms with van der Waals surface area (Å²) in [5, 5.41) is 4.95. The Morgan fingerprint density at radius 2 is 2.00 bits per heavy atom. The molecule has 0 aliphatic carbocycles. The molecule has 1 amide bonds. The summed E-state index contributed by atoms with van der Waals surface area (Å²) in [5.74, 6) is -1.70. The lowest BCUT2D eigenvalue weighted by atomic mass is 10.1. The Morgan fingerprint density at radius 3 is 2.40 bits per heavy atom. The van der Waals surface area contributed by atoms with Gasteiger partial charge in [0.1, 0.15) is 4.90 Å². The van der Waals surface area contributed by atoms with Gasteiger partial charge in [-0.05, 0) is 32.9 Å². The van der Waals surface area contributed by atoms with E-state index in [1.54, 1.807) is 20.8 Å². The summed E-state index contributed by atoms with van der Waals surface area (Å²) in [4.78, 5) is 13.0. The lowest BCUT2D eigenvalue weighted by Gasteiger charge is -2.25. The van der Waals surface area contributed by atoms with Gasteiger partial charge >= 0.3 is 0 Å². The normalized spacial score (nSPS) is 11.8. The SMILES string of the molecule is CCN(C(=O)c1cc(Br)cc(S(N)(=O)=O)c1F)C(C)C. The smallest absolute Gasteiger partial charge is 0.257 e. The van der Waals surface area contributed by atoms with Crippen LogP contribution in [-0.2, 0) is 10.0 Å². The van der Waals surface area contributed by atoms with Gasteiger partial charge < -0.3 is 4.90 Å². The van der Waals surface area contributed by atoms with Gasteiger partial charge in [0.2, 0.25) is 10.0 Å². The summed E-state index contributed by atoms with van der Waals surface area (Å²) >= 11 is 3.06. The molecule has 1 rings (SSSR count). The predicted octanol–water partition coefficient (Wildman–Crippen LogP) is 2.11. The molecule has 0 bridgehead atoms. The fourth-order valence-corrected chi connectivity index (χ4v) is 3.09. The molecule has 0 saturated carbocycles. The number of nitrogens with two attached hydrogens (primary N) is 1. The molecule has 0 aromatic heterocycles. The van der Waals surface area contributed by atoms with Crippen molar-refractivity contribution < 1.29 is 17.6 Å². The molecule has 0 radical (unpaired) electrons. The fourth-order valence-electron chi connectivity index (χ4n) is 1.82. The van der Waals surface area contributed by atoms with E-state index in [1.807, 2.05) is 0 Å². The molecule has 5 nitrogen and oxygen atoms in total. The fraction of sp³-hybridized carbons (Fsp3) is 0.417. The van der Waals surface area contributed by atoms with Crippen molar-refractivity contribution in [3.05, 3.63) is 28.0 Å². The van der Waals surface area contributed by atoms with Crippen LogP contribution >= 0.6 is 15.9 Å². The van der Waals surface area contributed by atoms with Crippen LogP contribution < -0.4 is 5.14 Å². The second kappa shape index (κ2) is 6.19. The monoisotopic (exact) mass is 366 g/mol. The van der Waals surface area contributed by atoms with Gasteiger partial charge in [-0.3, -0.25) is 4.79 Å². The minimum Gasteiger partial charge on any atom is -0.336 e. The van der Waals surface area contributed by atoms with Gasteiger partial charge in [-0.1, -0.05) is 15.9 Å². The highest BCUT2D eigenvalue weighted by molar-refractivity contribution is 9.10. The average molecular weight is 367 g/mol. The molecule has 0 heterocycles. The van der Waals surface area contributed by atoms with Gasteiger partial charge in [0.25, 0.3) is 5.91 Å². The maximum atomic E-state index is 14.2. The number of nitrogens with zero attached hydrogens (tertiary/aromatic N) is 1. The highest BCUT2D eigenvalue weighted by atomic mass is 79.9. The molecule has 0 saturated heterocycles. The second-order valence-electron chi connectivity index (χ2n) is 4.50. The molecular weight excluding hydrogens is 351 g/mol. The van der Waals surface area contributed by atoms with E-state index in [2.05, 4.69) is 15.9 Å². The zero-order valence-corrected chi connectivity index (χ0v) is 13.8. The van der Waals surface area contributed by atoms with Crippen molar-refractivity contribution in [3.63, 3.8) is 0 Å². The van der Waals surface area contributed by atoms with Crippen LogP contribution in [0.4, 0.5) is 4.39 Å². The largest absolute Gasteiger partial charge is 0.336 e. The van der Waals surface area contributed by atoms with E-state index in [0.29, 0.717) is 6.54 Å². The highest BCUT2D eigenvalue weighted by Gasteiger charge is 2.26. The lowest BCUT2D eigenvalue weighted by molar-refractivity contribution is 0.0711. The standard InChI is InChI=1S/C12H16BrFN2O3S/c1-4-16(7(2)3)12(17)9-5-8(13)6-10(11(9)14)20(15,18)19/h5-7H,4H2,1-3H3,(H2,15,18,19). The van der Waals surface area contributed by atoms with E-state index in [-0.39, 0.29) is 16.1 Å². The molecule has 0 unspecified atom stereocenters. The van der Waals surface area contributed by atoms with Gasteiger partial charge in [0.15, 0.2) is 5.82 Å². The van der Waals surface area contributed by atoms with Crippen LogP contribution in [-0.4, -0.2) is 31.8 Å². The Morgan fingerprint density at radius 1 is 1.45 bits per heavy atom. The Kier molecular flexibility index (Phi) is 5.28. The molecule has 0 fully saturated rings. The van der Waals surface area contributed by atoms with Crippen LogP contribution in [0.3, 0.4) is 0 Å². The number of halogens is 2. The summed E-state index contributed by atoms with van der Waals surface area (Å²) in [7, 11) is -4.24. The number of primary sulfonamides is 1. The summed E-state index contributed by atoms with van der Waals surface area (Å²) in [5.41, 5.74) is -0.320. The first kappa shape index (κ1) is 17.1. The van der Waals surface area contributed by atoms with E-state index >= 15 is 0 Å². The Labute approximate surface area is 126 Å². The summed E-state index contributed by atoms with van der Waals surface area (Å²) in [6.45, 7) is 5.72. The maximum Gasteiger partial charge on any atom is 0.257 e. The molecule has 112 valence electrons. The summed E-state index contributed by atoms with van der Waals surface area (Å²) in [6, 6.07) is 2.15. The minimum absolute atomic E-state index is 0.135. The van der Waals surface area contributed by atoms with Crippen molar-refractivity contribution in [2.75, 3.05) is 6.54 Å². The van der Waals surface area contributed by atoms with Gasteiger partial charge in [-0.15, -0.1) is 0 Å². The van der Waals surface area contributed by atoms with Gasteiger partial charge in [-0.2, -0.15) is 0 Å². The minimum atomic E-state index is -4.24. The maximum absolute atomic E-state index is 14.2. The van der Waals surface area contributed by atoms with Crippen molar-refractivity contribution in [3.8, 4) is 0 Å². The molecule has 0 atom stereocenters. The highest BCUT2D eigenvalue weighted by Crippen LogP contribution is 2.24. The van der Waals surface area contributed by atoms with Crippen molar-refractivity contribution in [2.45, 2.75) is 31.7 Å². The van der Waals surface area contributed by atoms with Crippen LogP contribution in [0.2, 0.25) is 0 Å². The molecular formula is C12H16BrFN2O3S. The number of amides is 1. The number of hydrogen-bond donors (Lipinski definition) is 1. The topological polar surface area (TPSA) is 80.5 Å². The van der Waals surface area contributed by atoms with Gasteiger partial charge in [-0.25, -0.2) is 17.9 Å². The van der Waals surface area contributed by atoms with E-state index in [0.717, 1.165) is 6.07 Å². The number of rotatable bonds is 4. The van der Waals surface area contributed by atoms with E-state index in [1.165, 1.54) is 11.0 Å². The molecule has 2 N–H and O–H groups in total. The third kappa shape index (κ3) is 3.56. The summed E-state index contributed by atoms with van der Waals surface area (Å²) in [6.07, 6.45) is 0. The molecule has 0 spiro atoms. The number of sulfonamides is 1. The first-order valence-corrected chi connectivity index (χ1v) is 8.26. The van der Waals surface area contributed by atoms with Crippen LogP contribution in [0.5, 0.6) is 0 Å². The number of carbonyl (C=O) groups is 1. The summed E-state index contributed by atoms with van der Waals surface area (Å²) < 4.78 is 37.2. The van der Waals surface area contributed by atoms with Crippen molar-refractivity contribution >= 4 is 31.9 Å². The first-order valence-electron chi connectivity index (χ1n) is 5.92. The molecule has 0 aliphatic rings. The molecule has 1 aromatic rings. The van der Waals surface area contributed by atoms with Crippen LogP contribution in [0.25, 0.3) is 0 Å². The van der Waals surface area contributed by atoms with Crippen LogP contribution in [0.1, 0.15) is 31.1 Å². The Bertz CT molecular complexity index is 632. The van der Waals surface area contributed by atoms with E-state index in [9.17, 15) is 17.6 Å². The number of carbonyl (C=O) groups excluding carboxylic acids is 1. The van der Waals surface area contributed by atoms with Crippen molar-refractivity contribution in [1.29, 1.82) is 0 Å². The zero-order valence-electron chi connectivity index (χ0n) is 11.4. The molecule has 1 aromatic carbocycles. The Balaban J connectivity index is 3.47. The van der Waals surface area contributed by atoms with E-state index in [4.69, 9.17) is 5.14 Å². The predicted molar refractivity (Wildman–Crippen MR) is 77.3 cm³/mol. The van der Waals surface area contributed by atoms with E-state index < -0.39 is 26.6 Å². The van der Waals surface area contributed by atoms with Crippen molar-refractivity contribution in [1.82, 2.24) is 4.90 Å². The molecule has 8 heteroatoms. The number of benzene rings is 1. The third-order valence-corrected chi connectivity index (χ3v) is 4.13. The van der Waals surface area contributed by atoms with Crippen LogP contribution in [0.15, 0.2) is 21.5 Å². The molecule has 0 aliphatic heterocycles. The number of hydrogen-bond acceptors (Lipinski definition) is 3. The quantitative estimate of drug-likeness (QED) is 0.885. The lowest BCUT2D eigenvalue weighted by Crippen LogP contribution is -2.37. The first-order chi connectivity index (χ1) is 9.09. The molecule has 20 heavy (non-hydrogen) atoms. The zero-order chi connectivity index (χ0) is 15.7. The second-order valence-corrected chi connectivity index (χ2v) is 6.94. The average Bonchev–Trinajstić information content (AvgIpc) is 2.30. The van der Waals surface area contributed by atoms with Crippen molar-refractivity contribution in [2.24, 2.45) is 5.14 Å². The van der Waals surface area contributed by atoms with Crippen LogP contribution in [0, 0.1) is 5.82 Å². The van der Waals surface area contributed by atoms with Gasteiger partial charge in [0, 0.05) is 17.1 Å². The third-order valence-electron chi connectivity index (χ3n) is 2.77. The Hall–Kier alpha value is -0.990.